The zero-order valence-corrected chi connectivity index (χ0v) is 23.0. The molecule has 2 aliphatic heterocycles. The number of carbonyl (C=O) groups is 2. The second-order valence-electron chi connectivity index (χ2n) is 9.26. The summed E-state index contributed by atoms with van der Waals surface area (Å²) in [5.74, 6) is 0.255. The minimum absolute atomic E-state index is 0.0246. The van der Waals surface area contributed by atoms with E-state index in [2.05, 4.69) is 26.6 Å². The molecule has 2 aromatic rings. The SMILES string of the molecule is COC(=O)N[C@H](COc1ccc(C#N)cc1)CN1C2CCC1CN(S(=O)(=O)c1sc(NC(C)=O)nc1C)C2. The number of anilines is 1. The Morgan fingerprint density at radius 2 is 1.89 bits per heavy atom. The molecule has 0 radical (unpaired) electrons. The number of carbonyl (C=O) groups excluding carboxylic acids is 2. The summed E-state index contributed by atoms with van der Waals surface area (Å²) in [5.41, 5.74) is 0.877. The van der Waals surface area contributed by atoms with Gasteiger partial charge in [-0.15, -0.1) is 0 Å². The third-order valence-electron chi connectivity index (χ3n) is 6.58. The molecule has 0 aliphatic carbocycles. The van der Waals surface area contributed by atoms with Crippen LogP contribution in [0, 0.1) is 18.3 Å². The summed E-state index contributed by atoms with van der Waals surface area (Å²) >= 11 is 0.957. The smallest absolute Gasteiger partial charge is 0.407 e. The van der Waals surface area contributed by atoms with Crippen LogP contribution >= 0.6 is 11.3 Å². The zero-order valence-electron chi connectivity index (χ0n) is 21.3. The number of rotatable bonds is 9. The Labute approximate surface area is 225 Å². The third kappa shape index (κ3) is 6.24. The minimum Gasteiger partial charge on any atom is -0.491 e. The first kappa shape index (κ1) is 27.8. The lowest BCUT2D eigenvalue weighted by Crippen LogP contribution is -2.59. The van der Waals surface area contributed by atoms with Gasteiger partial charge in [-0.05, 0) is 44.0 Å². The van der Waals surface area contributed by atoms with E-state index in [1.807, 2.05) is 0 Å². The lowest BCUT2D eigenvalue weighted by Gasteiger charge is -2.41. The highest BCUT2D eigenvalue weighted by molar-refractivity contribution is 7.91. The van der Waals surface area contributed by atoms with Gasteiger partial charge in [-0.1, -0.05) is 11.3 Å². The summed E-state index contributed by atoms with van der Waals surface area (Å²) < 4.78 is 39.3. The molecule has 2 aliphatic rings. The van der Waals surface area contributed by atoms with Crippen LogP contribution in [0.4, 0.5) is 9.93 Å². The first-order chi connectivity index (χ1) is 18.1. The number of nitrogens with one attached hydrogen (secondary N) is 2. The molecule has 3 heterocycles. The number of benzene rings is 1. The van der Waals surface area contributed by atoms with Crippen molar-refractivity contribution in [3.05, 3.63) is 35.5 Å². The predicted molar refractivity (Wildman–Crippen MR) is 139 cm³/mol. The van der Waals surface area contributed by atoms with Crippen LogP contribution in [0.3, 0.4) is 0 Å². The summed E-state index contributed by atoms with van der Waals surface area (Å²) in [5, 5.41) is 14.6. The molecule has 3 atom stereocenters. The summed E-state index contributed by atoms with van der Waals surface area (Å²) in [6.07, 6.45) is 1.08. The fourth-order valence-electron chi connectivity index (χ4n) is 4.83. The zero-order chi connectivity index (χ0) is 27.4. The number of sulfonamides is 1. The largest absolute Gasteiger partial charge is 0.491 e. The molecular weight excluding hydrogens is 532 g/mol. The quantitative estimate of drug-likeness (QED) is 0.466. The monoisotopic (exact) mass is 562 g/mol. The standard InChI is InChI=1S/C24H30N6O6S2/c1-15-22(37-23(26-15)27-16(2)31)38(33,34)29-12-19-6-7-20(13-29)30(19)11-18(28-24(32)35-3)14-36-21-8-4-17(10-25)5-9-21/h4-5,8-9,18-20H,6-7,11-14H2,1-3H3,(H,28,32)(H,26,27,31)/t18-,19?,20?/m0/s1. The highest BCUT2D eigenvalue weighted by atomic mass is 32.2. The Morgan fingerprint density at radius 1 is 1.24 bits per heavy atom. The number of methoxy groups -OCH3 is 1. The average Bonchev–Trinajstić information content (AvgIpc) is 3.35. The Balaban J connectivity index is 1.44. The van der Waals surface area contributed by atoms with Gasteiger partial charge in [-0.2, -0.15) is 9.57 Å². The summed E-state index contributed by atoms with van der Waals surface area (Å²) in [7, 11) is -2.49. The molecule has 2 amide bonds. The van der Waals surface area contributed by atoms with Crippen molar-refractivity contribution in [2.75, 3.05) is 38.7 Å². The van der Waals surface area contributed by atoms with Crippen molar-refractivity contribution in [1.82, 2.24) is 19.5 Å². The van der Waals surface area contributed by atoms with Crippen LogP contribution in [-0.2, 0) is 19.6 Å². The van der Waals surface area contributed by atoms with E-state index in [4.69, 9.17) is 14.7 Å². The van der Waals surface area contributed by atoms with E-state index >= 15 is 0 Å². The third-order valence-corrected chi connectivity index (χ3v) is 10.1. The lowest BCUT2D eigenvalue weighted by atomic mass is 10.1. The molecule has 4 rings (SSSR count). The molecular formula is C24H30N6O6S2. The van der Waals surface area contributed by atoms with Crippen molar-refractivity contribution in [1.29, 1.82) is 5.26 Å². The fourth-order valence-corrected chi connectivity index (χ4v) is 7.94. The second-order valence-corrected chi connectivity index (χ2v) is 12.4. The van der Waals surface area contributed by atoms with Crippen molar-refractivity contribution < 1.29 is 27.5 Å². The molecule has 0 saturated carbocycles. The van der Waals surface area contributed by atoms with Crippen LogP contribution in [-0.4, -0.2) is 86.1 Å². The molecule has 0 spiro atoms. The lowest BCUT2D eigenvalue weighted by molar-refractivity contribution is -0.114. The number of ether oxygens (including phenoxy) is 2. The highest BCUT2D eigenvalue weighted by Crippen LogP contribution is 2.36. The van der Waals surface area contributed by atoms with Crippen LogP contribution in [0.1, 0.15) is 31.0 Å². The van der Waals surface area contributed by atoms with E-state index in [0.717, 1.165) is 24.2 Å². The van der Waals surface area contributed by atoms with Gasteiger partial charge in [0.1, 0.15) is 12.4 Å². The van der Waals surface area contributed by atoms with E-state index in [-0.39, 0.29) is 33.9 Å². The van der Waals surface area contributed by atoms with E-state index in [1.165, 1.54) is 18.3 Å². The first-order valence-electron chi connectivity index (χ1n) is 12.1. The van der Waals surface area contributed by atoms with Crippen LogP contribution < -0.4 is 15.4 Å². The normalized spacial score (nSPS) is 20.4. The maximum absolute atomic E-state index is 13.5. The molecule has 2 bridgehead atoms. The predicted octanol–water partition coefficient (Wildman–Crippen LogP) is 1.92. The minimum atomic E-state index is -3.79. The van der Waals surface area contributed by atoms with Crippen LogP contribution in [0.25, 0.3) is 0 Å². The maximum atomic E-state index is 13.5. The topological polar surface area (TPSA) is 154 Å². The van der Waals surface area contributed by atoms with Crippen molar-refractivity contribution >= 4 is 38.5 Å². The van der Waals surface area contributed by atoms with Crippen molar-refractivity contribution in [2.24, 2.45) is 0 Å². The molecule has 2 N–H and O–H groups in total. The molecule has 2 fully saturated rings. The number of thiazole rings is 1. The number of hydrogen-bond donors (Lipinski definition) is 2. The number of nitrogens with zero attached hydrogens (tertiary/aromatic N) is 4. The van der Waals surface area contributed by atoms with Gasteiger partial charge in [0.2, 0.25) is 5.91 Å². The van der Waals surface area contributed by atoms with Gasteiger partial charge in [0.25, 0.3) is 10.0 Å². The number of fused-ring (bicyclic) bond motifs is 2. The number of nitriles is 1. The van der Waals surface area contributed by atoms with Gasteiger partial charge in [-0.3, -0.25) is 9.69 Å². The van der Waals surface area contributed by atoms with E-state index < -0.39 is 22.2 Å². The van der Waals surface area contributed by atoms with Crippen LogP contribution in [0.5, 0.6) is 5.75 Å². The van der Waals surface area contributed by atoms with Gasteiger partial charge >= 0.3 is 6.09 Å². The van der Waals surface area contributed by atoms with Crippen molar-refractivity contribution in [3.63, 3.8) is 0 Å². The van der Waals surface area contributed by atoms with E-state index in [9.17, 15) is 18.0 Å². The molecule has 38 heavy (non-hydrogen) atoms. The Bertz CT molecular complexity index is 1310. The molecule has 1 aromatic heterocycles. The van der Waals surface area contributed by atoms with Crippen molar-refractivity contribution in [2.45, 2.75) is 49.0 Å². The summed E-state index contributed by atoms with van der Waals surface area (Å²) in [4.78, 5) is 29.8. The fraction of sp³-hybridized carbons (Fsp3) is 0.500. The Morgan fingerprint density at radius 3 is 2.47 bits per heavy atom. The van der Waals surface area contributed by atoms with Crippen LogP contribution in [0.15, 0.2) is 28.5 Å². The average molecular weight is 563 g/mol. The molecule has 1 aromatic carbocycles. The number of aromatic nitrogens is 1. The molecule has 14 heteroatoms. The summed E-state index contributed by atoms with van der Waals surface area (Å²) in [6.45, 7) is 4.22. The molecule has 2 saturated heterocycles. The van der Waals surface area contributed by atoms with Gasteiger partial charge < -0.3 is 20.1 Å². The highest BCUT2D eigenvalue weighted by Gasteiger charge is 2.45. The Kier molecular flexibility index (Phi) is 8.51. The van der Waals surface area contributed by atoms with E-state index in [0.29, 0.717) is 36.6 Å². The van der Waals surface area contributed by atoms with Gasteiger partial charge in [-0.25, -0.2) is 18.2 Å². The van der Waals surface area contributed by atoms with Gasteiger partial charge in [0, 0.05) is 38.6 Å². The Hall–Kier alpha value is -3.25. The molecule has 2 unspecified atom stereocenters. The maximum Gasteiger partial charge on any atom is 0.407 e. The first-order valence-corrected chi connectivity index (χ1v) is 14.3. The van der Waals surface area contributed by atoms with Gasteiger partial charge in [0.05, 0.1) is 30.5 Å². The number of piperazine rings is 1. The van der Waals surface area contributed by atoms with E-state index in [1.54, 1.807) is 31.2 Å². The van der Waals surface area contributed by atoms with Crippen LogP contribution in [0.2, 0.25) is 0 Å². The number of hydrogen-bond acceptors (Lipinski definition) is 10. The number of aryl methyl sites for hydroxylation is 1. The second kappa shape index (κ2) is 11.6. The molecule has 12 nitrogen and oxygen atoms in total. The van der Waals surface area contributed by atoms with Gasteiger partial charge in [0.15, 0.2) is 9.34 Å². The van der Waals surface area contributed by atoms with Crippen molar-refractivity contribution in [3.8, 4) is 11.8 Å². The number of alkyl carbamates (subject to hydrolysis) is 1. The number of amides is 2. The summed E-state index contributed by atoms with van der Waals surface area (Å²) in [6, 6.07) is 8.30. The molecule has 204 valence electrons.